The summed E-state index contributed by atoms with van der Waals surface area (Å²) in [7, 11) is 0. The van der Waals surface area contributed by atoms with Crippen molar-refractivity contribution in [3.63, 3.8) is 0 Å². The molecule has 0 heterocycles. The first-order valence-corrected chi connectivity index (χ1v) is 9.69. The van der Waals surface area contributed by atoms with Gasteiger partial charge in [-0.3, -0.25) is 0 Å². The Hall–Kier alpha value is -0.0969. The molecular formula is C18H22Cl2Zr. The molecule has 0 aromatic rings. The predicted molar refractivity (Wildman–Crippen MR) is 80.4 cm³/mol. The molecule has 2 aliphatic rings. The average Bonchev–Trinajstić information content (AvgIpc) is 3.04. The molecule has 0 saturated heterocycles. The minimum Gasteiger partial charge on any atom is -1.00 e. The summed E-state index contributed by atoms with van der Waals surface area (Å²) in [6, 6.07) is 0. The summed E-state index contributed by atoms with van der Waals surface area (Å²) in [5.74, 6) is 0. The number of hydrogen-bond donors (Lipinski definition) is 0. The molecule has 2 rings (SSSR count). The van der Waals surface area contributed by atoms with E-state index < -0.39 is 23.2 Å². The number of allylic oxidation sites excluding steroid dienone is 12. The van der Waals surface area contributed by atoms with Crippen LogP contribution in [0.5, 0.6) is 0 Å². The third-order valence-corrected chi connectivity index (χ3v) is 6.50. The fourth-order valence-corrected chi connectivity index (χ4v) is 5.41. The summed E-state index contributed by atoms with van der Waals surface area (Å²) in [5, 5.41) is 0. The molecular weight excluding hydrogens is 378 g/mol. The molecule has 0 aliphatic heterocycles. The van der Waals surface area contributed by atoms with Crippen LogP contribution in [0.1, 0.15) is 39.5 Å². The molecule has 21 heavy (non-hydrogen) atoms. The van der Waals surface area contributed by atoms with Crippen LogP contribution >= 0.6 is 0 Å². The van der Waals surface area contributed by atoms with E-state index in [9.17, 15) is 0 Å². The van der Waals surface area contributed by atoms with Gasteiger partial charge in [-0.05, 0) is 0 Å². The molecule has 0 spiro atoms. The Bertz CT molecular complexity index is 459. The van der Waals surface area contributed by atoms with Gasteiger partial charge in [0.25, 0.3) is 0 Å². The largest absolute Gasteiger partial charge is 1.00 e. The van der Waals surface area contributed by atoms with Crippen LogP contribution in [0.3, 0.4) is 0 Å². The fraction of sp³-hybridized carbons (Fsp3) is 0.333. The molecule has 0 amide bonds. The van der Waals surface area contributed by atoms with Crippen molar-refractivity contribution in [3.05, 3.63) is 66.3 Å². The van der Waals surface area contributed by atoms with Gasteiger partial charge in [-0.25, -0.2) is 0 Å². The molecule has 2 aliphatic carbocycles. The molecule has 0 bridgehead atoms. The second-order valence-corrected chi connectivity index (χ2v) is 8.67. The molecule has 0 fully saturated rings. The van der Waals surface area contributed by atoms with E-state index in [2.05, 4.69) is 62.5 Å². The van der Waals surface area contributed by atoms with E-state index in [-0.39, 0.29) is 24.8 Å². The SMILES string of the molecule is CCC=CC1=CC[C]([Zr+2][C]2=CC(C=CCC)=CC2)=C1.[Cl-].[Cl-]. The van der Waals surface area contributed by atoms with Crippen LogP contribution in [0, 0.1) is 0 Å². The second-order valence-electron chi connectivity index (χ2n) is 4.90. The Morgan fingerprint density at radius 1 is 0.857 bits per heavy atom. The predicted octanol–water partition coefficient (Wildman–Crippen LogP) is -0.563. The van der Waals surface area contributed by atoms with Crippen LogP contribution in [0.15, 0.2) is 66.3 Å². The normalized spacial score (nSPS) is 16.9. The van der Waals surface area contributed by atoms with Gasteiger partial charge in [-0.2, -0.15) is 0 Å². The minimum absolute atomic E-state index is 0. The first-order chi connectivity index (χ1) is 9.31. The Balaban J connectivity index is 0.00000200. The van der Waals surface area contributed by atoms with Crippen molar-refractivity contribution in [2.24, 2.45) is 0 Å². The maximum Gasteiger partial charge on any atom is -1.00 e. The fourth-order valence-electron chi connectivity index (χ4n) is 2.21. The summed E-state index contributed by atoms with van der Waals surface area (Å²) in [6.07, 6.45) is 23.3. The third-order valence-electron chi connectivity index (χ3n) is 3.21. The summed E-state index contributed by atoms with van der Waals surface area (Å²) in [6.45, 7) is 4.38. The van der Waals surface area contributed by atoms with Crippen LogP contribution in [-0.2, 0) is 23.2 Å². The van der Waals surface area contributed by atoms with Crippen molar-refractivity contribution in [2.45, 2.75) is 39.5 Å². The number of rotatable bonds is 6. The first kappa shape index (κ1) is 20.9. The van der Waals surface area contributed by atoms with Crippen molar-refractivity contribution in [2.75, 3.05) is 0 Å². The van der Waals surface area contributed by atoms with Gasteiger partial charge in [0.05, 0.1) is 0 Å². The van der Waals surface area contributed by atoms with E-state index in [0.29, 0.717) is 0 Å². The molecule has 0 nitrogen and oxygen atoms in total. The molecule has 0 aromatic heterocycles. The second kappa shape index (κ2) is 11.5. The van der Waals surface area contributed by atoms with Gasteiger partial charge in [0.15, 0.2) is 0 Å². The van der Waals surface area contributed by atoms with Crippen LogP contribution in [0.2, 0.25) is 0 Å². The first-order valence-electron chi connectivity index (χ1n) is 7.23. The van der Waals surface area contributed by atoms with Crippen molar-refractivity contribution < 1.29 is 48.0 Å². The monoisotopic (exact) mass is 398 g/mol. The van der Waals surface area contributed by atoms with Gasteiger partial charge in [0, 0.05) is 0 Å². The van der Waals surface area contributed by atoms with Gasteiger partial charge in [-0.15, -0.1) is 0 Å². The van der Waals surface area contributed by atoms with Gasteiger partial charge >= 0.3 is 129 Å². The van der Waals surface area contributed by atoms with E-state index in [1.165, 1.54) is 24.0 Å². The van der Waals surface area contributed by atoms with Crippen LogP contribution in [0.4, 0.5) is 0 Å². The zero-order valence-electron chi connectivity index (χ0n) is 12.7. The Morgan fingerprint density at radius 2 is 1.29 bits per heavy atom. The molecule has 0 radical (unpaired) electrons. The molecule has 3 heteroatoms. The standard InChI is InChI=1S/2C9H11.2ClH.Zr/c2*1-2-3-6-9-7-4-5-8-9;;;/h2*3,6-8H,2,4H2,1H3;2*1H;/q;;;;+2/p-2. The van der Waals surface area contributed by atoms with Gasteiger partial charge in [0.2, 0.25) is 0 Å². The summed E-state index contributed by atoms with van der Waals surface area (Å²) >= 11 is -0.495. The average molecular weight is 401 g/mol. The third kappa shape index (κ3) is 7.13. The van der Waals surface area contributed by atoms with E-state index in [1.807, 2.05) is 0 Å². The maximum atomic E-state index is 2.43. The quantitative estimate of drug-likeness (QED) is 0.561. The van der Waals surface area contributed by atoms with Gasteiger partial charge in [0.1, 0.15) is 0 Å². The maximum absolute atomic E-state index is 2.43. The molecule has 0 N–H and O–H groups in total. The Labute approximate surface area is 153 Å². The molecule has 0 atom stereocenters. The van der Waals surface area contributed by atoms with Crippen molar-refractivity contribution in [1.29, 1.82) is 0 Å². The van der Waals surface area contributed by atoms with Gasteiger partial charge in [-0.1, -0.05) is 0 Å². The number of hydrogen-bond acceptors (Lipinski definition) is 0. The zero-order chi connectivity index (χ0) is 13.5. The Morgan fingerprint density at radius 3 is 1.67 bits per heavy atom. The van der Waals surface area contributed by atoms with Gasteiger partial charge < -0.3 is 24.8 Å². The number of halogens is 2. The van der Waals surface area contributed by atoms with Crippen LogP contribution in [-0.4, -0.2) is 0 Å². The molecule has 0 aromatic carbocycles. The van der Waals surface area contributed by atoms with E-state index >= 15 is 0 Å². The van der Waals surface area contributed by atoms with Crippen molar-refractivity contribution in [1.82, 2.24) is 0 Å². The Kier molecular flexibility index (Phi) is 11.4. The van der Waals surface area contributed by atoms with Crippen LogP contribution < -0.4 is 24.8 Å². The van der Waals surface area contributed by atoms with Crippen molar-refractivity contribution >= 4 is 0 Å². The molecule has 0 unspecified atom stereocenters. The minimum atomic E-state index is -0.495. The van der Waals surface area contributed by atoms with Crippen molar-refractivity contribution in [3.8, 4) is 0 Å². The van der Waals surface area contributed by atoms with E-state index in [1.54, 1.807) is 6.56 Å². The van der Waals surface area contributed by atoms with E-state index in [4.69, 9.17) is 0 Å². The summed E-state index contributed by atoms with van der Waals surface area (Å²) in [5.41, 5.74) is 2.85. The smallest absolute Gasteiger partial charge is 1.00 e. The van der Waals surface area contributed by atoms with Crippen LogP contribution in [0.25, 0.3) is 0 Å². The molecule has 0 saturated carbocycles. The van der Waals surface area contributed by atoms with E-state index in [0.717, 1.165) is 12.8 Å². The molecule has 112 valence electrons. The summed E-state index contributed by atoms with van der Waals surface area (Å²) < 4.78 is 3.44. The summed E-state index contributed by atoms with van der Waals surface area (Å²) in [4.78, 5) is 0. The topological polar surface area (TPSA) is 0 Å². The zero-order valence-corrected chi connectivity index (χ0v) is 16.7.